The van der Waals surface area contributed by atoms with E-state index in [9.17, 15) is 0 Å². The first-order valence-corrected chi connectivity index (χ1v) is 6.94. The first kappa shape index (κ1) is 11.8. The zero-order valence-corrected chi connectivity index (χ0v) is 11.1. The van der Waals surface area contributed by atoms with Crippen molar-refractivity contribution in [3.05, 3.63) is 35.4 Å². The number of hydrogen-bond donors (Lipinski definition) is 0. The fourth-order valence-corrected chi connectivity index (χ4v) is 2.43. The largest absolute Gasteiger partial charge is 0.490 e. The molecule has 3 rings (SSSR count). The SMILES string of the molecule is CN1CCC(Oc2cccc(C=C3CC3)c2)CC1. The van der Waals surface area contributed by atoms with Gasteiger partial charge < -0.3 is 9.64 Å². The average Bonchev–Trinajstić information content (AvgIpc) is 3.17. The molecule has 0 atom stereocenters. The first-order chi connectivity index (χ1) is 8.79. The molecule has 96 valence electrons. The number of hydrogen-bond acceptors (Lipinski definition) is 2. The molecule has 0 spiro atoms. The Kier molecular flexibility index (Phi) is 3.37. The Bertz CT molecular complexity index is 438. The van der Waals surface area contributed by atoms with Gasteiger partial charge in [-0.05, 0) is 50.4 Å². The van der Waals surface area contributed by atoms with E-state index in [-0.39, 0.29) is 0 Å². The quantitative estimate of drug-likeness (QED) is 0.807. The number of rotatable bonds is 3. The van der Waals surface area contributed by atoms with Crippen molar-refractivity contribution in [2.24, 2.45) is 0 Å². The maximum Gasteiger partial charge on any atom is 0.120 e. The van der Waals surface area contributed by atoms with E-state index in [1.807, 2.05) is 0 Å². The predicted molar refractivity (Wildman–Crippen MR) is 74.8 cm³/mol. The van der Waals surface area contributed by atoms with Crippen LogP contribution >= 0.6 is 0 Å². The summed E-state index contributed by atoms with van der Waals surface area (Å²) in [5, 5.41) is 0. The van der Waals surface area contributed by atoms with Crippen LogP contribution in [0.1, 0.15) is 31.2 Å². The number of likely N-dealkylation sites (tertiary alicyclic amines) is 1. The highest BCUT2D eigenvalue weighted by molar-refractivity contribution is 5.57. The summed E-state index contributed by atoms with van der Waals surface area (Å²) in [5.74, 6) is 1.03. The van der Waals surface area contributed by atoms with E-state index >= 15 is 0 Å². The second kappa shape index (κ2) is 5.15. The Morgan fingerprint density at radius 1 is 1.22 bits per heavy atom. The average molecular weight is 243 g/mol. The van der Waals surface area contributed by atoms with Crippen LogP contribution in [0.5, 0.6) is 5.75 Å². The van der Waals surface area contributed by atoms with Crippen LogP contribution in [-0.2, 0) is 0 Å². The number of piperidine rings is 1. The summed E-state index contributed by atoms with van der Waals surface area (Å²) in [7, 11) is 2.18. The fourth-order valence-electron chi connectivity index (χ4n) is 2.43. The standard InChI is InChI=1S/C16H21NO/c1-17-9-7-15(8-10-17)18-16-4-2-3-14(12-16)11-13-5-6-13/h2-4,11-12,15H,5-10H2,1H3. The van der Waals surface area contributed by atoms with E-state index < -0.39 is 0 Å². The van der Waals surface area contributed by atoms with Gasteiger partial charge in [-0.1, -0.05) is 23.8 Å². The van der Waals surface area contributed by atoms with Crippen LogP contribution in [-0.4, -0.2) is 31.1 Å². The molecule has 1 saturated heterocycles. The Hall–Kier alpha value is -1.28. The maximum absolute atomic E-state index is 6.09. The third kappa shape index (κ3) is 3.14. The minimum Gasteiger partial charge on any atom is -0.490 e. The van der Waals surface area contributed by atoms with Gasteiger partial charge in [0.2, 0.25) is 0 Å². The Morgan fingerprint density at radius 3 is 2.72 bits per heavy atom. The summed E-state index contributed by atoms with van der Waals surface area (Å²) in [6.07, 6.45) is 7.52. The van der Waals surface area contributed by atoms with Gasteiger partial charge in [0.1, 0.15) is 11.9 Å². The number of ether oxygens (including phenoxy) is 1. The highest BCUT2D eigenvalue weighted by atomic mass is 16.5. The van der Waals surface area contributed by atoms with E-state index in [1.165, 1.54) is 18.4 Å². The number of allylic oxidation sites excluding steroid dienone is 1. The first-order valence-electron chi connectivity index (χ1n) is 6.94. The van der Waals surface area contributed by atoms with E-state index in [0.717, 1.165) is 31.7 Å². The van der Waals surface area contributed by atoms with Crippen LogP contribution < -0.4 is 4.74 Å². The molecule has 2 aliphatic rings. The van der Waals surface area contributed by atoms with Gasteiger partial charge in [-0.3, -0.25) is 0 Å². The number of nitrogens with zero attached hydrogens (tertiary/aromatic N) is 1. The lowest BCUT2D eigenvalue weighted by Gasteiger charge is -2.29. The molecule has 0 amide bonds. The molecule has 0 aromatic heterocycles. The molecular weight excluding hydrogens is 222 g/mol. The third-order valence-electron chi connectivity index (χ3n) is 3.74. The molecule has 0 N–H and O–H groups in total. The molecule has 0 unspecified atom stereocenters. The monoisotopic (exact) mass is 243 g/mol. The van der Waals surface area contributed by atoms with E-state index in [1.54, 1.807) is 5.57 Å². The Labute approximate surface area is 109 Å². The number of benzene rings is 1. The maximum atomic E-state index is 6.09. The Balaban J connectivity index is 1.63. The van der Waals surface area contributed by atoms with Crippen molar-refractivity contribution in [1.29, 1.82) is 0 Å². The topological polar surface area (TPSA) is 12.5 Å². The van der Waals surface area contributed by atoms with Crippen molar-refractivity contribution in [1.82, 2.24) is 4.90 Å². The fraction of sp³-hybridized carbons (Fsp3) is 0.500. The lowest BCUT2D eigenvalue weighted by Crippen LogP contribution is -2.35. The van der Waals surface area contributed by atoms with Gasteiger partial charge in [-0.25, -0.2) is 0 Å². The molecule has 2 nitrogen and oxygen atoms in total. The predicted octanol–water partition coefficient (Wildman–Crippen LogP) is 3.34. The molecule has 0 bridgehead atoms. The van der Waals surface area contributed by atoms with E-state index in [0.29, 0.717) is 6.10 Å². The van der Waals surface area contributed by atoms with E-state index in [4.69, 9.17) is 4.74 Å². The van der Waals surface area contributed by atoms with Crippen LogP contribution in [0.3, 0.4) is 0 Å². The van der Waals surface area contributed by atoms with Gasteiger partial charge in [0, 0.05) is 13.1 Å². The van der Waals surface area contributed by atoms with Crippen molar-refractivity contribution in [2.45, 2.75) is 31.8 Å². The van der Waals surface area contributed by atoms with Crippen molar-refractivity contribution in [3.63, 3.8) is 0 Å². The molecule has 2 heteroatoms. The lowest BCUT2D eigenvalue weighted by atomic mass is 10.1. The minimum absolute atomic E-state index is 0.394. The molecule has 1 heterocycles. The summed E-state index contributed by atoms with van der Waals surface area (Å²) in [6.45, 7) is 2.29. The highest BCUT2D eigenvalue weighted by Gasteiger charge is 2.18. The zero-order valence-electron chi connectivity index (χ0n) is 11.1. The molecule has 1 aromatic rings. The molecule has 2 fully saturated rings. The Morgan fingerprint density at radius 2 is 2.00 bits per heavy atom. The van der Waals surface area contributed by atoms with Crippen LogP contribution in [0.25, 0.3) is 6.08 Å². The van der Waals surface area contributed by atoms with Gasteiger partial charge in [0.25, 0.3) is 0 Å². The van der Waals surface area contributed by atoms with Gasteiger partial charge in [0.15, 0.2) is 0 Å². The molecule has 1 aromatic carbocycles. The second-order valence-corrected chi connectivity index (χ2v) is 5.50. The summed E-state index contributed by atoms with van der Waals surface area (Å²) in [4.78, 5) is 2.37. The highest BCUT2D eigenvalue weighted by Crippen LogP contribution is 2.31. The lowest BCUT2D eigenvalue weighted by molar-refractivity contribution is 0.114. The smallest absolute Gasteiger partial charge is 0.120 e. The van der Waals surface area contributed by atoms with Crippen molar-refractivity contribution in [3.8, 4) is 5.75 Å². The van der Waals surface area contributed by atoms with Crippen LogP contribution in [0.2, 0.25) is 0 Å². The molecule has 1 saturated carbocycles. The van der Waals surface area contributed by atoms with Gasteiger partial charge in [-0.15, -0.1) is 0 Å². The molecule has 1 aliphatic heterocycles. The van der Waals surface area contributed by atoms with E-state index in [2.05, 4.69) is 42.3 Å². The van der Waals surface area contributed by atoms with Crippen LogP contribution in [0, 0.1) is 0 Å². The third-order valence-corrected chi connectivity index (χ3v) is 3.74. The van der Waals surface area contributed by atoms with Gasteiger partial charge >= 0.3 is 0 Å². The molecule has 18 heavy (non-hydrogen) atoms. The van der Waals surface area contributed by atoms with Crippen molar-refractivity contribution in [2.75, 3.05) is 20.1 Å². The van der Waals surface area contributed by atoms with Crippen molar-refractivity contribution < 1.29 is 4.74 Å². The molecule has 1 aliphatic carbocycles. The van der Waals surface area contributed by atoms with Gasteiger partial charge in [-0.2, -0.15) is 0 Å². The normalized spacial score (nSPS) is 20.8. The van der Waals surface area contributed by atoms with Crippen LogP contribution in [0.15, 0.2) is 29.8 Å². The summed E-state index contributed by atoms with van der Waals surface area (Å²) in [5.41, 5.74) is 2.85. The summed E-state index contributed by atoms with van der Waals surface area (Å²) < 4.78 is 6.09. The second-order valence-electron chi connectivity index (χ2n) is 5.50. The van der Waals surface area contributed by atoms with Gasteiger partial charge in [0.05, 0.1) is 0 Å². The zero-order chi connectivity index (χ0) is 12.4. The summed E-state index contributed by atoms with van der Waals surface area (Å²) >= 11 is 0. The molecule has 0 radical (unpaired) electrons. The van der Waals surface area contributed by atoms with Crippen molar-refractivity contribution >= 4 is 6.08 Å². The molecular formula is C16H21NO. The minimum atomic E-state index is 0.394. The van der Waals surface area contributed by atoms with Crippen LogP contribution in [0.4, 0.5) is 0 Å². The summed E-state index contributed by atoms with van der Waals surface area (Å²) in [6, 6.07) is 8.50.